The molecule has 0 bridgehead atoms. The van der Waals surface area contributed by atoms with Gasteiger partial charge in [0, 0.05) is 11.3 Å². The lowest BCUT2D eigenvalue weighted by Crippen LogP contribution is -2.23. The van der Waals surface area contributed by atoms with E-state index in [-0.39, 0.29) is 5.91 Å². The van der Waals surface area contributed by atoms with Crippen molar-refractivity contribution in [3.8, 4) is 17.1 Å². The Morgan fingerprint density at radius 1 is 1.03 bits per heavy atom. The highest BCUT2D eigenvalue weighted by Crippen LogP contribution is 2.30. The molecule has 1 N–H and O–H groups in total. The number of amides is 1. The number of carbonyl (C=O) groups is 1. The Morgan fingerprint density at radius 3 is 2.69 bits per heavy atom. The zero-order valence-electron chi connectivity index (χ0n) is 19.3. The van der Waals surface area contributed by atoms with Crippen LogP contribution in [0.25, 0.3) is 22.2 Å². The molecule has 0 aliphatic rings. The van der Waals surface area contributed by atoms with Gasteiger partial charge in [-0.05, 0) is 54.1 Å². The van der Waals surface area contributed by atoms with Crippen molar-refractivity contribution in [3.05, 3.63) is 90.9 Å². The molecule has 176 valence electrons. The van der Waals surface area contributed by atoms with Gasteiger partial charge in [-0.2, -0.15) is 0 Å². The van der Waals surface area contributed by atoms with E-state index in [1.54, 1.807) is 13.4 Å². The summed E-state index contributed by atoms with van der Waals surface area (Å²) in [4.78, 5) is 13.0. The molecule has 7 nitrogen and oxygen atoms in total. The summed E-state index contributed by atoms with van der Waals surface area (Å²) in [6, 6.07) is 25.4. The summed E-state index contributed by atoms with van der Waals surface area (Å²) in [5, 5.41) is 14.3. The summed E-state index contributed by atoms with van der Waals surface area (Å²) in [5.41, 5.74) is 1.62. The minimum Gasteiger partial charge on any atom is -0.497 e. The first kappa shape index (κ1) is 22.7. The molecule has 5 rings (SSSR count). The van der Waals surface area contributed by atoms with Gasteiger partial charge in [0.1, 0.15) is 11.5 Å². The van der Waals surface area contributed by atoms with E-state index in [2.05, 4.69) is 15.5 Å². The molecule has 0 aliphatic carbocycles. The van der Waals surface area contributed by atoms with Crippen molar-refractivity contribution in [2.24, 2.45) is 0 Å². The quantitative estimate of drug-likeness (QED) is 0.278. The lowest BCUT2D eigenvalue weighted by Gasteiger charge is -2.14. The zero-order chi connectivity index (χ0) is 24.2. The van der Waals surface area contributed by atoms with Crippen LogP contribution in [0.1, 0.15) is 12.7 Å². The van der Waals surface area contributed by atoms with E-state index in [0.717, 1.165) is 33.5 Å². The van der Waals surface area contributed by atoms with Gasteiger partial charge in [0.05, 0.1) is 25.2 Å². The molecule has 5 aromatic rings. The topological polar surface area (TPSA) is 82.2 Å². The van der Waals surface area contributed by atoms with Crippen LogP contribution in [0.15, 0.2) is 94.7 Å². The van der Waals surface area contributed by atoms with Crippen LogP contribution < -0.4 is 10.1 Å². The predicted molar refractivity (Wildman–Crippen MR) is 138 cm³/mol. The number of nitrogens with zero attached hydrogens (tertiary/aromatic N) is 3. The number of benzene rings is 3. The Labute approximate surface area is 207 Å². The largest absolute Gasteiger partial charge is 0.497 e. The van der Waals surface area contributed by atoms with Crippen molar-refractivity contribution in [1.29, 1.82) is 0 Å². The summed E-state index contributed by atoms with van der Waals surface area (Å²) in [6.07, 6.45) is 1.64. The van der Waals surface area contributed by atoms with Crippen LogP contribution in [0.3, 0.4) is 0 Å². The fourth-order valence-corrected chi connectivity index (χ4v) is 4.62. The molecule has 0 aliphatic heterocycles. The Morgan fingerprint density at radius 2 is 1.89 bits per heavy atom. The van der Waals surface area contributed by atoms with E-state index in [1.165, 1.54) is 11.8 Å². The van der Waals surface area contributed by atoms with E-state index >= 15 is 0 Å². The van der Waals surface area contributed by atoms with Gasteiger partial charge in [-0.1, -0.05) is 54.2 Å². The maximum atomic E-state index is 13.0. The van der Waals surface area contributed by atoms with Crippen LogP contribution in [-0.2, 0) is 11.3 Å². The molecule has 0 saturated carbocycles. The molecule has 0 spiro atoms. The summed E-state index contributed by atoms with van der Waals surface area (Å²) in [5.74, 6) is 2.06. The number of methoxy groups -OCH3 is 1. The molecular formula is C27H24N4O3S. The van der Waals surface area contributed by atoms with Crippen LogP contribution in [-0.4, -0.2) is 33.0 Å². The number of rotatable bonds is 8. The first-order chi connectivity index (χ1) is 17.1. The molecule has 2 aromatic heterocycles. The highest BCUT2D eigenvalue weighted by molar-refractivity contribution is 8.00. The van der Waals surface area contributed by atoms with Gasteiger partial charge in [0.2, 0.25) is 5.91 Å². The molecule has 8 heteroatoms. The zero-order valence-corrected chi connectivity index (χ0v) is 20.2. The Balaban J connectivity index is 1.39. The van der Waals surface area contributed by atoms with Crippen molar-refractivity contribution < 1.29 is 13.9 Å². The number of fused-ring (bicyclic) bond motifs is 1. The van der Waals surface area contributed by atoms with E-state index in [9.17, 15) is 4.79 Å². The fourth-order valence-electron chi connectivity index (χ4n) is 3.78. The third kappa shape index (κ3) is 5.07. The highest BCUT2D eigenvalue weighted by Gasteiger charge is 2.22. The van der Waals surface area contributed by atoms with Crippen molar-refractivity contribution in [2.45, 2.75) is 23.9 Å². The number of nitrogens with one attached hydrogen (secondary N) is 1. The Bertz CT molecular complexity index is 1460. The van der Waals surface area contributed by atoms with E-state index in [1.807, 2.05) is 90.4 Å². The first-order valence-corrected chi connectivity index (χ1v) is 12.0. The molecule has 35 heavy (non-hydrogen) atoms. The first-order valence-electron chi connectivity index (χ1n) is 11.2. The van der Waals surface area contributed by atoms with Gasteiger partial charge >= 0.3 is 0 Å². The third-order valence-electron chi connectivity index (χ3n) is 5.61. The minimum absolute atomic E-state index is 0.110. The number of thioether (sulfide) groups is 1. The van der Waals surface area contributed by atoms with Crippen molar-refractivity contribution >= 4 is 34.1 Å². The molecular weight excluding hydrogens is 460 g/mol. The van der Waals surface area contributed by atoms with Crippen LogP contribution in [0.2, 0.25) is 0 Å². The normalized spacial score (nSPS) is 11.9. The fraction of sp³-hybridized carbons (Fsp3) is 0.148. The second-order valence-corrected chi connectivity index (χ2v) is 9.32. The maximum Gasteiger partial charge on any atom is 0.237 e. The number of carbonyl (C=O) groups excluding carboxylic acids is 1. The predicted octanol–water partition coefficient (Wildman–Crippen LogP) is 5.87. The summed E-state index contributed by atoms with van der Waals surface area (Å²) < 4.78 is 12.9. The van der Waals surface area contributed by atoms with Crippen LogP contribution in [0.5, 0.6) is 5.75 Å². The number of furan rings is 1. The standard InChI is InChI=1S/C27H24N4O3S/c1-18(26(32)28-22-13-12-19-7-3-4-8-20(19)15-22)35-27-30-29-25(21-9-5-10-23(16-21)33-2)31(27)17-24-11-6-14-34-24/h3-16,18H,17H2,1-2H3,(H,28,32). The molecule has 1 atom stereocenters. The van der Waals surface area contributed by atoms with E-state index < -0.39 is 5.25 Å². The smallest absolute Gasteiger partial charge is 0.237 e. The van der Waals surface area contributed by atoms with Crippen LogP contribution >= 0.6 is 11.8 Å². The van der Waals surface area contributed by atoms with Crippen LogP contribution in [0.4, 0.5) is 5.69 Å². The lowest BCUT2D eigenvalue weighted by molar-refractivity contribution is -0.115. The van der Waals surface area contributed by atoms with Gasteiger partial charge in [0.25, 0.3) is 0 Å². The van der Waals surface area contributed by atoms with Gasteiger partial charge in [0.15, 0.2) is 11.0 Å². The average molecular weight is 485 g/mol. The summed E-state index contributed by atoms with van der Waals surface area (Å²) in [7, 11) is 1.63. The SMILES string of the molecule is COc1cccc(-c2nnc(SC(C)C(=O)Nc3ccc4ccccc4c3)n2Cc2ccco2)c1. The van der Waals surface area contributed by atoms with Crippen LogP contribution in [0, 0.1) is 0 Å². The number of ether oxygens (including phenoxy) is 1. The van der Waals surface area contributed by atoms with Crippen molar-refractivity contribution in [1.82, 2.24) is 14.8 Å². The second kappa shape index (κ2) is 10.1. The van der Waals surface area contributed by atoms with Gasteiger partial charge in [-0.25, -0.2) is 0 Å². The van der Waals surface area contributed by atoms with Gasteiger partial charge in [-0.3, -0.25) is 9.36 Å². The number of hydrogen-bond donors (Lipinski definition) is 1. The highest BCUT2D eigenvalue weighted by atomic mass is 32.2. The van der Waals surface area contributed by atoms with Crippen molar-refractivity contribution in [3.63, 3.8) is 0 Å². The summed E-state index contributed by atoms with van der Waals surface area (Å²) >= 11 is 1.35. The maximum absolute atomic E-state index is 13.0. The molecule has 0 fully saturated rings. The molecule has 1 amide bonds. The minimum atomic E-state index is -0.404. The molecule has 3 aromatic carbocycles. The second-order valence-electron chi connectivity index (χ2n) is 8.01. The Hall–Kier alpha value is -4.04. The summed E-state index contributed by atoms with van der Waals surface area (Å²) in [6.45, 7) is 2.30. The average Bonchev–Trinajstić information content (AvgIpc) is 3.54. The molecule has 2 heterocycles. The lowest BCUT2D eigenvalue weighted by atomic mass is 10.1. The molecule has 1 unspecified atom stereocenters. The third-order valence-corrected chi connectivity index (χ3v) is 6.69. The monoisotopic (exact) mass is 484 g/mol. The number of hydrogen-bond acceptors (Lipinski definition) is 6. The van der Waals surface area contributed by atoms with Gasteiger partial charge < -0.3 is 14.5 Å². The number of aromatic nitrogens is 3. The van der Waals surface area contributed by atoms with Gasteiger partial charge in [-0.15, -0.1) is 10.2 Å². The van der Waals surface area contributed by atoms with E-state index in [0.29, 0.717) is 17.5 Å². The molecule has 0 radical (unpaired) electrons. The Kier molecular flexibility index (Phi) is 6.54. The van der Waals surface area contributed by atoms with E-state index in [4.69, 9.17) is 9.15 Å². The molecule has 0 saturated heterocycles. The van der Waals surface area contributed by atoms with Crippen molar-refractivity contribution in [2.75, 3.05) is 12.4 Å². The number of anilines is 1.